The van der Waals surface area contributed by atoms with Crippen molar-refractivity contribution in [3.8, 4) is 73.0 Å². The number of benzene rings is 8. The Bertz CT molecular complexity index is 3290. The fourth-order valence-corrected chi connectivity index (χ4v) is 8.95. The molecular weight excluding hydrogens is 829 g/mol. The second kappa shape index (κ2) is 16.1. The topological polar surface area (TPSA) is 30.7 Å². The summed E-state index contributed by atoms with van der Waals surface area (Å²) < 4.78 is 93.9. The van der Waals surface area contributed by atoms with Crippen molar-refractivity contribution in [2.45, 2.75) is 26.2 Å². The maximum atomic E-state index is 15.3. The van der Waals surface area contributed by atoms with Gasteiger partial charge in [-0.25, -0.2) is 9.97 Å². The fourth-order valence-electron chi connectivity index (χ4n) is 8.95. The van der Waals surface area contributed by atoms with E-state index in [9.17, 15) is 0 Å². The highest BCUT2D eigenvalue weighted by atomic mass is 19.4. The summed E-state index contributed by atoms with van der Waals surface area (Å²) >= 11 is 0. The average Bonchev–Trinajstić information content (AvgIpc) is 3.64. The molecular formula is C56H37F6N3. The van der Waals surface area contributed by atoms with Crippen molar-refractivity contribution in [1.29, 1.82) is 0 Å². The first-order chi connectivity index (χ1) is 31.3. The third-order valence-electron chi connectivity index (χ3n) is 11.9. The van der Waals surface area contributed by atoms with Crippen molar-refractivity contribution in [3.05, 3.63) is 210 Å². The van der Waals surface area contributed by atoms with Crippen LogP contribution in [0.5, 0.6) is 0 Å². The van der Waals surface area contributed by atoms with E-state index in [4.69, 9.17) is 9.97 Å². The zero-order valence-electron chi connectivity index (χ0n) is 35.0. The summed E-state index contributed by atoms with van der Waals surface area (Å²) in [6.45, 7) is 4.06. The van der Waals surface area contributed by atoms with Gasteiger partial charge in [0.1, 0.15) is 0 Å². The number of fused-ring (bicyclic) bond motifs is 3. The molecule has 0 aliphatic rings. The molecule has 0 aliphatic heterocycles. The molecule has 0 spiro atoms. The Morgan fingerprint density at radius 2 is 0.892 bits per heavy atom. The molecule has 0 fully saturated rings. The molecule has 2 heterocycles. The Labute approximate surface area is 371 Å². The summed E-state index contributed by atoms with van der Waals surface area (Å²) in [5, 5.41) is 1.55. The van der Waals surface area contributed by atoms with Gasteiger partial charge < -0.3 is 4.57 Å². The molecule has 2 aromatic heterocycles. The third kappa shape index (κ3) is 7.63. The van der Waals surface area contributed by atoms with Gasteiger partial charge in [0.15, 0.2) is 5.82 Å². The van der Waals surface area contributed by atoms with E-state index in [2.05, 4.69) is 12.1 Å². The number of rotatable bonds is 7. The molecule has 8 aromatic carbocycles. The van der Waals surface area contributed by atoms with Crippen molar-refractivity contribution >= 4 is 21.8 Å². The zero-order valence-corrected chi connectivity index (χ0v) is 35.0. The molecule has 10 aromatic rings. The minimum Gasteiger partial charge on any atom is -0.308 e. The lowest BCUT2D eigenvalue weighted by atomic mass is 9.88. The van der Waals surface area contributed by atoms with Gasteiger partial charge >= 0.3 is 12.4 Å². The Balaban J connectivity index is 1.37. The number of nitrogens with zero attached hydrogens (tertiary/aromatic N) is 3. The molecule has 0 unspecified atom stereocenters. The first-order valence-corrected chi connectivity index (χ1v) is 21.0. The minimum absolute atomic E-state index is 0.0403. The highest BCUT2D eigenvalue weighted by Gasteiger charge is 2.37. The Kier molecular flexibility index (Phi) is 10.2. The van der Waals surface area contributed by atoms with Gasteiger partial charge in [-0.1, -0.05) is 145 Å². The maximum Gasteiger partial charge on any atom is 0.417 e. The van der Waals surface area contributed by atoms with Gasteiger partial charge in [0.25, 0.3) is 0 Å². The van der Waals surface area contributed by atoms with Crippen LogP contribution in [0.3, 0.4) is 0 Å². The van der Waals surface area contributed by atoms with Crippen LogP contribution in [0.15, 0.2) is 188 Å². The lowest BCUT2D eigenvalue weighted by molar-refractivity contribution is -0.137. The molecule has 65 heavy (non-hydrogen) atoms. The van der Waals surface area contributed by atoms with Crippen LogP contribution in [-0.4, -0.2) is 14.5 Å². The van der Waals surface area contributed by atoms with E-state index in [1.807, 2.05) is 134 Å². The van der Waals surface area contributed by atoms with Crippen LogP contribution >= 0.6 is 0 Å². The molecule has 0 amide bonds. The minimum atomic E-state index is -4.83. The van der Waals surface area contributed by atoms with E-state index in [0.717, 1.165) is 56.3 Å². The largest absolute Gasteiger partial charge is 0.417 e. The van der Waals surface area contributed by atoms with Gasteiger partial charge in [0.05, 0.1) is 39.2 Å². The van der Waals surface area contributed by atoms with Crippen LogP contribution in [0.1, 0.15) is 22.3 Å². The molecule has 3 nitrogen and oxygen atoms in total. The summed E-state index contributed by atoms with van der Waals surface area (Å²) in [6, 6.07) is 53.6. The Morgan fingerprint density at radius 3 is 1.45 bits per heavy atom. The molecule has 10 rings (SSSR count). The number of hydrogen-bond acceptors (Lipinski definition) is 2. The van der Waals surface area contributed by atoms with Crippen molar-refractivity contribution in [3.63, 3.8) is 0 Å². The molecule has 0 bridgehead atoms. The van der Waals surface area contributed by atoms with E-state index in [1.165, 1.54) is 36.4 Å². The molecule has 0 saturated heterocycles. The Morgan fingerprint density at radius 1 is 0.385 bits per heavy atom. The number of halogens is 6. The van der Waals surface area contributed by atoms with Crippen LogP contribution in [0.4, 0.5) is 26.3 Å². The number of aryl methyl sites for hydroxylation is 2. The quantitative estimate of drug-likeness (QED) is 0.149. The summed E-state index contributed by atoms with van der Waals surface area (Å²) in [5.74, 6) is 0.119. The number of alkyl halides is 6. The standard InChI is InChI=1S/C56H37F6N3/c1-34-25-27-40(35(2)29-34)38-26-28-52-44(30-38)43-21-11-14-24-51(43)65(52)53-45(41-19-9-12-22-47(41)55(57,58)59)31-39(32-46(53)42-20-10-13-23-48(42)56(60,61)62)54-63-49(36-15-5-3-6-16-36)33-50(64-54)37-17-7-4-8-18-37/h3-33H,1-2H3. The summed E-state index contributed by atoms with van der Waals surface area (Å²) in [4.78, 5) is 9.98. The average molecular weight is 866 g/mol. The van der Waals surface area contributed by atoms with E-state index in [1.54, 1.807) is 12.1 Å². The zero-order chi connectivity index (χ0) is 45.0. The van der Waals surface area contributed by atoms with Crippen LogP contribution < -0.4 is 0 Å². The van der Waals surface area contributed by atoms with Crippen molar-refractivity contribution < 1.29 is 26.3 Å². The number of para-hydroxylation sites is 1. The van der Waals surface area contributed by atoms with Crippen molar-refractivity contribution in [1.82, 2.24) is 14.5 Å². The predicted molar refractivity (Wildman–Crippen MR) is 248 cm³/mol. The van der Waals surface area contributed by atoms with E-state index in [0.29, 0.717) is 22.4 Å². The molecule has 318 valence electrons. The SMILES string of the molecule is Cc1ccc(-c2ccc3c(c2)c2ccccc2n3-c2c(-c3ccccc3C(F)(F)F)cc(-c3nc(-c4ccccc4)cc(-c4ccccc4)n3)cc2-c2ccccc2C(F)(F)F)c(C)c1. The van der Waals surface area contributed by atoms with Gasteiger partial charge in [0, 0.05) is 38.6 Å². The van der Waals surface area contributed by atoms with E-state index in [-0.39, 0.29) is 39.3 Å². The number of hydrogen-bond donors (Lipinski definition) is 0. The smallest absolute Gasteiger partial charge is 0.308 e. The molecule has 0 radical (unpaired) electrons. The molecule has 0 saturated carbocycles. The molecule has 9 heteroatoms. The predicted octanol–water partition coefficient (Wildman–Crippen LogP) is 16.2. The summed E-state index contributed by atoms with van der Waals surface area (Å²) in [7, 11) is 0. The van der Waals surface area contributed by atoms with Gasteiger partial charge in [-0.3, -0.25) is 0 Å². The second-order valence-corrected chi connectivity index (χ2v) is 16.1. The fraction of sp³-hybridized carbons (Fsp3) is 0.0714. The molecule has 0 N–H and O–H groups in total. The van der Waals surface area contributed by atoms with Crippen LogP contribution in [0.25, 0.3) is 94.8 Å². The lowest BCUT2D eigenvalue weighted by Crippen LogP contribution is -2.11. The third-order valence-corrected chi connectivity index (χ3v) is 11.9. The van der Waals surface area contributed by atoms with Crippen LogP contribution in [0.2, 0.25) is 0 Å². The van der Waals surface area contributed by atoms with E-state index >= 15 is 26.3 Å². The van der Waals surface area contributed by atoms with Crippen molar-refractivity contribution in [2.24, 2.45) is 0 Å². The van der Waals surface area contributed by atoms with Gasteiger partial charge in [0.2, 0.25) is 0 Å². The maximum absolute atomic E-state index is 15.3. The summed E-state index contributed by atoms with van der Waals surface area (Å²) in [5.41, 5.74) is 5.94. The Hall–Kier alpha value is -7.78. The lowest BCUT2D eigenvalue weighted by Gasteiger charge is -2.24. The normalized spacial score (nSPS) is 12.0. The molecule has 0 aliphatic carbocycles. The van der Waals surface area contributed by atoms with Crippen LogP contribution in [-0.2, 0) is 12.4 Å². The monoisotopic (exact) mass is 865 g/mol. The first kappa shape index (κ1) is 41.2. The highest BCUT2D eigenvalue weighted by molar-refractivity contribution is 6.12. The van der Waals surface area contributed by atoms with Crippen LogP contribution in [0, 0.1) is 13.8 Å². The molecule has 0 atom stereocenters. The van der Waals surface area contributed by atoms with Gasteiger partial charge in [-0.05, 0) is 90.2 Å². The number of aromatic nitrogens is 3. The van der Waals surface area contributed by atoms with Gasteiger partial charge in [-0.15, -0.1) is 0 Å². The van der Waals surface area contributed by atoms with Gasteiger partial charge in [-0.2, -0.15) is 26.3 Å². The highest BCUT2D eigenvalue weighted by Crippen LogP contribution is 2.49. The second-order valence-electron chi connectivity index (χ2n) is 16.1. The van der Waals surface area contributed by atoms with E-state index < -0.39 is 23.5 Å². The first-order valence-electron chi connectivity index (χ1n) is 21.0. The van der Waals surface area contributed by atoms with Crippen molar-refractivity contribution in [2.75, 3.05) is 0 Å². The summed E-state index contributed by atoms with van der Waals surface area (Å²) in [6.07, 6.45) is -9.67.